The highest BCUT2D eigenvalue weighted by molar-refractivity contribution is 7.89. The predicted octanol–water partition coefficient (Wildman–Crippen LogP) is 1.80. The lowest BCUT2D eigenvalue weighted by atomic mass is 10.0. The fourth-order valence-corrected chi connectivity index (χ4v) is 5.74. The number of amides is 2. The van der Waals surface area contributed by atoms with Gasteiger partial charge in [0.2, 0.25) is 10.0 Å². The summed E-state index contributed by atoms with van der Waals surface area (Å²) in [6, 6.07) is 4.57. The molecule has 0 aliphatic carbocycles. The molecule has 2 saturated heterocycles. The van der Waals surface area contributed by atoms with Gasteiger partial charge in [-0.2, -0.15) is 4.31 Å². The lowest BCUT2D eigenvalue weighted by Gasteiger charge is -2.32. The van der Waals surface area contributed by atoms with Crippen molar-refractivity contribution >= 4 is 21.8 Å². The number of aromatic nitrogens is 1. The topological polar surface area (TPSA) is 113 Å². The van der Waals surface area contributed by atoms with E-state index in [0.29, 0.717) is 44.6 Å². The summed E-state index contributed by atoms with van der Waals surface area (Å²) in [4.78, 5) is 30.9. The first kappa shape index (κ1) is 21.5. The van der Waals surface area contributed by atoms with Crippen molar-refractivity contribution in [1.82, 2.24) is 19.5 Å². The average Bonchev–Trinajstić information content (AvgIpc) is 3.45. The molecule has 31 heavy (non-hydrogen) atoms. The van der Waals surface area contributed by atoms with Gasteiger partial charge in [0.25, 0.3) is 11.8 Å². The number of aryl methyl sites for hydroxylation is 1. The summed E-state index contributed by atoms with van der Waals surface area (Å²) in [5, 5.41) is 2.91. The fraction of sp³-hybridized carbons (Fsp3) is 0.476. The third-order valence-corrected chi connectivity index (χ3v) is 7.83. The van der Waals surface area contributed by atoms with Gasteiger partial charge in [0.15, 0.2) is 5.76 Å². The molecule has 2 aliphatic rings. The molecule has 1 N–H and O–H groups in total. The Hall–Kier alpha value is -2.72. The van der Waals surface area contributed by atoms with Crippen molar-refractivity contribution in [2.75, 3.05) is 26.2 Å². The van der Waals surface area contributed by atoms with Crippen molar-refractivity contribution in [2.24, 2.45) is 0 Å². The second kappa shape index (κ2) is 8.80. The molecular formula is C21H26N4O5S. The van der Waals surface area contributed by atoms with Crippen molar-refractivity contribution in [3.8, 4) is 0 Å². The molecule has 0 spiro atoms. The Labute approximate surface area is 181 Å². The number of nitrogens with zero attached hydrogens (tertiary/aromatic N) is 3. The Morgan fingerprint density at radius 1 is 1.10 bits per heavy atom. The number of piperidine rings is 1. The van der Waals surface area contributed by atoms with Crippen molar-refractivity contribution < 1.29 is 22.4 Å². The van der Waals surface area contributed by atoms with Gasteiger partial charge in [0.05, 0.1) is 0 Å². The van der Waals surface area contributed by atoms with Crippen molar-refractivity contribution in [3.05, 3.63) is 47.7 Å². The molecule has 0 aromatic carbocycles. The number of carbonyl (C=O) groups excluding carboxylic acids is 2. The number of rotatable bonds is 5. The number of hydrogen-bond donors (Lipinski definition) is 1. The van der Waals surface area contributed by atoms with Crippen LogP contribution in [0.1, 0.15) is 52.4 Å². The van der Waals surface area contributed by atoms with Gasteiger partial charge in [0, 0.05) is 56.2 Å². The van der Waals surface area contributed by atoms with Crippen LogP contribution in [0.4, 0.5) is 0 Å². The van der Waals surface area contributed by atoms with Crippen LogP contribution in [0.5, 0.6) is 0 Å². The quantitative estimate of drug-likeness (QED) is 0.749. The molecule has 4 rings (SSSR count). The highest BCUT2D eigenvalue weighted by Gasteiger charge is 2.32. The first-order valence-corrected chi connectivity index (χ1v) is 11.9. The maximum atomic E-state index is 12.8. The fourth-order valence-electron chi connectivity index (χ4n) is 4.06. The van der Waals surface area contributed by atoms with E-state index in [9.17, 15) is 18.0 Å². The SMILES string of the molecule is Cc1oc(C(=O)NC2CCN(C(=O)c3ccncc3)CC2)cc1S(=O)(=O)N1CCCC1. The number of hydrogen-bond acceptors (Lipinski definition) is 6. The van der Waals surface area contributed by atoms with Crippen LogP contribution in [0, 0.1) is 6.92 Å². The standard InChI is InChI=1S/C21H26N4O5S/c1-15-19(31(28,29)25-10-2-3-11-25)14-18(30-15)20(26)23-17-6-12-24(13-7-17)21(27)16-4-8-22-9-5-16/h4-5,8-9,14,17H,2-3,6-7,10-13H2,1H3,(H,23,26). The predicted molar refractivity (Wildman–Crippen MR) is 112 cm³/mol. The summed E-state index contributed by atoms with van der Waals surface area (Å²) in [6.07, 6.45) is 6.08. The minimum atomic E-state index is -3.65. The second-order valence-electron chi connectivity index (χ2n) is 7.92. The van der Waals surface area contributed by atoms with Crippen LogP contribution in [0.25, 0.3) is 0 Å². The zero-order chi connectivity index (χ0) is 22.0. The van der Waals surface area contributed by atoms with Crippen LogP contribution in [0.15, 0.2) is 39.9 Å². The molecule has 2 aliphatic heterocycles. The third-order valence-electron chi connectivity index (χ3n) is 5.82. The van der Waals surface area contributed by atoms with E-state index in [2.05, 4.69) is 10.3 Å². The second-order valence-corrected chi connectivity index (χ2v) is 9.82. The van der Waals surface area contributed by atoms with Gasteiger partial charge in [-0.05, 0) is 44.7 Å². The van der Waals surface area contributed by atoms with E-state index in [-0.39, 0.29) is 28.4 Å². The number of furan rings is 1. The number of likely N-dealkylation sites (tertiary alicyclic amines) is 1. The summed E-state index contributed by atoms with van der Waals surface area (Å²) in [6.45, 7) is 3.59. The van der Waals surface area contributed by atoms with Crippen LogP contribution in [-0.2, 0) is 10.0 Å². The number of carbonyl (C=O) groups is 2. The van der Waals surface area contributed by atoms with E-state index in [1.54, 1.807) is 36.4 Å². The molecule has 4 heterocycles. The van der Waals surface area contributed by atoms with Gasteiger partial charge < -0.3 is 14.6 Å². The van der Waals surface area contributed by atoms with E-state index in [1.165, 1.54) is 10.4 Å². The maximum Gasteiger partial charge on any atom is 0.287 e. The van der Waals surface area contributed by atoms with Gasteiger partial charge in [-0.1, -0.05) is 0 Å². The molecule has 0 unspecified atom stereocenters. The zero-order valence-corrected chi connectivity index (χ0v) is 18.2. The molecule has 0 radical (unpaired) electrons. The Morgan fingerprint density at radius 2 is 1.74 bits per heavy atom. The van der Waals surface area contributed by atoms with Gasteiger partial charge in [-0.25, -0.2) is 8.42 Å². The van der Waals surface area contributed by atoms with Gasteiger partial charge in [-0.3, -0.25) is 14.6 Å². The van der Waals surface area contributed by atoms with Crippen LogP contribution in [0.2, 0.25) is 0 Å². The Kier molecular flexibility index (Phi) is 6.10. The van der Waals surface area contributed by atoms with Crippen LogP contribution in [-0.4, -0.2) is 66.6 Å². The molecule has 0 saturated carbocycles. The van der Waals surface area contributed by atoms with Gasteiger partial charge >= 0.3 is 0 Å². The normalized spacial score (nSPS) is 18.3. The van der Waals surface area contributed by atoms with E-state index in [0.717, 1.165) is 12.8 Å². The average molecular weight is 447 g/mol. The Balaban J connectivity index is 1.36. The lowest BCUT2D eigenvalue weighted by molar-refractivity contribution is 0.0695. The molecule has 166 valence electrons. The highest BCUT2D eigenvalue weighted by Crippen LogP contribution is 2.26. The van der Waals surface area contributed by atoms with Crippen molar-refractivity contribution in [3.63, 3.8) is 0 Å². The van der Waals surface area contributed by atoms with Crippen LogP contribution >= 0.6 is 0 Å². The summed E-state index contributed by atoms with van der Waals surface area (Å²) < 4.78 is 32.5. The van der Waals surface area contributed by atoms with E-state index >= 15 is 0 Å². The minimum absolute atomic E-state index is 0.00874. The molecule has 2 amide bonds. The Bertz CT molecular complexity index is 1050. The Morgan fingerprint density at radius 3 is 2.39 bits per heavy atom. The third kappa shape index (κ3) is 4.49. The zero-order valence-electron chi connectivity index (χ0n) is 17.4. The summed E-state index contributed by atoms with van der Waals surface area (Å²) in [5.41, 5.74) is 0.593. The lowest BCUT2D eigenvalue weighted by Crippen LogP contribution is -2.46. The van der Waals surface area contributed by atoms with Crippen LogP contribution in [0.3, 0.4) is 0 Å². The van der Waals surface area contributed by atoms with E-state index < -0.39 is 15.9 Å². The number of pyridine rings is 1. The first-order valence-electron chi connectivity index (χ1n) is 10.5. The molecule has 0 atom stereocenters. The molecule has 2 aromatic rings. The molecule has 0 bridgehead atoms. The maximum absolute atomic E-state index is 12.8. The van der Waals surface area contributed by atoms with Gasteiger partial charge in [0.1, 0.15) is 10.7 Å². The summed E-state index contributed by atoms with van der Waals surface area (Å²) in [5.74, 6) is -0.282. The highest BCUT2D eigenvalue weighted by atomic mass is 32.2. The smallest absolute Gasteiger partial charge is 0.287 e. The van der Waals surface area contributed by atoms with Gasteiger partial charge in [-0.15, -0.1) is 0 Å². The molecule has 9 nitrogen and oxygen atoms in total. The number of sulfonamides is 1. The van der Waals surface area contributed by atoms with Crippen molar-refractivity contribution in [2.45, 2.75) is 43.5 Å². The molecule has 2 aromatic heterocycles. The monoisotopic (exact) mass is 446 g/mol. The summed E-state index contributed by atoms with van der Waals surface area (Å²) in [7, 11) is -3.65. The largest absolute Gasteiger partial charge is 0.455 e. The summed E-state index contributed by atoms with van der Waals surface area (Å²) >= 11 is 0. The molecule has 10 heteroatoms. The molecule has 2 fully saturated rings. The number of nitrogens with one attached hydrogen (secondary N) is 1. The minimum Gasteiger partial charge on any atom is -0.455 e. The van der Waals surface area contributed by atoms with E-state index in [1.807, 2.05) is 0 Å². The van der Waals surface area contributed by atoms with Crippen LogP contribution < -0.4 is 5.32 Å². The first-order chi connectivity index (χ1) is 14.9. The van der Waals surface area contributed by atoms with Crippen molar-refractivity contribution in [1.29, 1.82) is 0 Å². The molecular weight excluding hydrogens is 420 g/mol. The van der Waals surface area contributed by atoms with E-state index in [4.69, 9.17) is 4.42 Å².